The molecule has 0 amide bonds. The zero-order chi connectivity index (χ0) is 14.8. The van der Waals surface area contributed by atoms with Crippen LogP contribution in [0, 0.1) is 11.3 Å². The molecule has 3 aromatic rings. The summed E-state index contributed by atoms with van der Waals surface area (Å²) in [4.78, 5) is 16.2. The Morgan fingerprint density at radius 3 is 2.95 bits per heavy atom. The van der Waals surface area contributed by atoms with Crippen LogP contribution in [0.15, 0.2) is 40.8 Å². The lowest BCUT2D eigenvalue weighted by molar-refractivity contribution is 0.196. The highest BCUT2D eigenvalue weighted by Crippen LogP contribution is 2.35. The van der Waals surface area contributed by atoms with Crippen LogP contribution in [0.5, 0.6) is 0 Å². The fourth-order valence-electron chi connectivity index (χ4n) is 1.96. The number of nitrogens with one attached hydrogen (secondary N) is 1. The molecule has 1 unspecified atom stereocenters. The van der Waals surface area contributed by atoms with Gasteiger partial charge in [0.05, 0.1) is 24.1 Å². The number of aromatic nitrogens is 4. The largest absolute Gasteiger partial charge is 0.389 e. The van der Waals surface area contributed by atoms with Gasteiger partial charge in [0.25, 0.3) is 0 Å². The number of fused-ring (bicyclic) bond motifs is 1. The summed E-state index contributed by atoms with van der Waals surface area (Å²) in [6.45, 7) is 1.69. The molecular formula is C14H11N5OS. The summed E-state index contributed by atoms with van der Waals surface area (Å²) in [6, 6.07) is 7.30. The molecule has 104 valence electrons. The van der Waals surface area contributed by atoms with E-state index in [1.54, 1.807) is 31.5 Å². The molecule has 21 heavy (non-hydrogen) atoms. The average Bonchev–Trinajstić information content (AvgIpc) is 2.96. The molecule has 1 aromatic carbocycles. The second-order valence-electron chi connectivity index (χ2n) is 4.42. The Morgan fingerprint density at radius 2 is 2.19 bits per heavy atom. The molecule has 0 aliphatic heterocycles. The Morgan fingerprint density at radius 1 is 1.33 bits per heavy atom. The Balaban J connectivity index is 2.08. The highest BCUT2D eigenvalue weighted by atomic mass is 32.2. The van der Waals surface area contributed by atoms with E-state index in [0.717, 1.165) is 16.0 Å². The number of hydrogen-bond acceptors (Lipinski definition) is 6. The molecule has 0 radical (unpaired) electrons. The molecule has 6 nitrogen and oxygen atoms in total. The summed E-state index contributed by atoms with van der Waals surface area (Å²) in [5.74, 6) is 0. The number of nitriles is 1. The summed E-state index contributed by atoms with van der Waals surface area (Å²) in [5, 5.41) is 19.6. The van der Waals surface area contributed by atoms with Crippen molar-refractivity contribution < 1.29 is 5.11 Å². The van der Waals surface area contributed by atoms with E-state index in [1.165, 1.54) is 18.1 Å². The number of aliphatic hydroxyl groups excluding tert-OH is 1. The molecule has 2 heterocycles. The first kappa shape index (κ1) is 13.5. The van der Waals surface area contributed by atoms with Crippen LogP contribution in [0.25, 0.3) is 11.2 Å². The molecule has 0 saturated heterocycles. The lowest BCUT2D eigenvalue weighted by atomic mass is 10.1. The van der Waals surface area contributed by atoms with Gasteiger partial charge in [0.1, 0.15) is 16.9 Å². The number of rotatable bonds is 3. The number of imidazole rings is 1. The van der Waals surface area contributed by atoms with Gasteiger partial charge in [0, 0.05) is 4.90 Å². The fourth-order valence-corrected chi connectivity index (χ4v) is 3.06. The standard InChI is InChI=1S/C14H11N5OS/c1-8(20)10-3-2-9(5-15)4-11(10)21-14-12-13(17-6-16-12)18-7-19-14/h2-4,6-8,20H,1H3,(H,16,17,18,19). The summed E-state index contributed by atoms with van der Waals surface area (Å²) in [6.07, 6.45) is 2.38. The third kappa shape index (κ3) is 2.59. The van der Waals surface area contributed by atoms with Gasteiger partial charge in [0.15, 0.2) is 5.65 Å². The maximum atomic E-state index is 9.87. The second kappa shape index (κ2) is 5.52. The third-order valence-corrected chi connectivity index (χ3v) is 4.06. The minimum atomic E-state index is -0.626. The Labute approximate surface area is 124 Å². The van der Waals surface area contributed by atoms with Crippen molar-refractivity contribution in [3.63, 3.8) is 0 Å². The maximum absolute atomic E-state index is 9.87. The first-order valence-corrected chi connectivity index (χ1v) is 7.04. The summed E-state index contributed by atoms with van der Waals surface area (Å²) in [7, 11) is 0. The molecule has 1 atom stereocenters. The van der Waals surface area contributed by atoms with Gasteiger partial charge in [-0.3, -0.25) is 0 Å². The van der Waals surface area contributed by atoms with Gasteiger partial charge in [-0.2, -0.15) is 5.26 Å². The Bertz CT molecular complexity index is 837. The monoisotopic (exact) mass is 297 g/mol. The van der Waals surface area contributed by atoms with Crippen molar-refractivity contribution in [3.8, 4) is 6.07 Å². The van der Waals surface area contributed by atoms with Crippen LogP contribution in [-0.2, 0) is 0 Å². The van der Waals surface area contributed by atoms with Crippen molar-refractivity contribution in [2.24, 2.45) is 0 Å². The van der Waals surface area contributed by atoms with E-state index in [4.69, 9.17) is 5.26 Å². The topological polar surface area (TPSA) is 98.5 Å². The molecule has 2 N–H and O–H groups in total. The zero-order valence-corrected chi connectivity index (χ0v) is 11.9. The molecule has 0 bridgehead atoms. The van der Waals surface area contributed by atoms with Gasteiger partial charge in [-0.25, -0.2) is 15.0 Å². The highest BCUT2D eigenvalue weighted by Gasteiger charge is 2.14. The quantitative estimate of drug-likeness (QED) is 0.720. The summed E-state index contributed by atoms with van der Waals surface area (Å²) in [5.41, 5.74) is 2.62. The van der Waals surface area contributed by atoms with Crippen LogP contribution in [0.3, 0.4) is 0 Å². The van der Waals surface area contributed by atoms with Crippen LogP contribution >= 0.6 is 11.8 Å². The van der Waals surface area contributed by atoms with Crippen molar-refractivity contribution in [2.45, 2.75) is 22.9 Å². The van der Waals surface area contributed by atoms with Gasteiger partial charge in [0.2, 0.25) is 0 Å². The molecule has 0 saturated carbocycles. The van der Waals surface area contributed by atoms with Crippen LogP contribution in [0.4, 0.5) is 0 Å². The van der Waals surface area contributed by atoms with Gasteiger partial charge in [-0.1, -0.05) is 17.8 Å². The minimum Gasteiger partial charge on any atom is -0.389 e. The van der Waals surface area contributed by atoms with Crippen LogP contribution in [-0.4, -0.2) is 25.0 Å². The minimum absolute atomic E-state index is 0.539. The van der Waals surface area contributed by atoms with Gasteiger partial charge in [-0.05, 0) is 24.6 Å². The lowest BCUT2D eigenvalue weighted by Crippen LogP contribution is -1.95. The molecule has 0 fully saturated rings. The number of hydrogen-bond donors (Lipinski definition) is 2. The van der Waals surface area contributed by atoms with E-state index in [9.17, 15) is 5.11 Å². The predicted octanol–water partition coefficient (Wildman–Crippen LogP) is 2.43. The first-order chi connectivity index (χ1) is 10.2. The number of aliphatic hydroxyl groups is 1. The van der Waals surface area contributed by atoms with Gasteiger partial charge >= 0.3 is 0 Å². The number of aromatic amines is 1. The van der Waals surface area contributed by atoms with Crippen LogP contribution in [0.2, 0.25) is 0 Å². The molecule has 3 rings (SSSR count). The van der Waals surface area contributed by atoms with Crippen molar-refractivity contribution in [1.82, 2.24) is 19.9 Å². The summed E-state index contributed by atoms with van der Waals surface area (Å²) < 4.78 is 0. The van der Waals surface area contributed by atoms with Crippen LogP contribution in [0.1, 0.15) is 24.2 Å². The number of nitrogens with zero attached hydrogens (tertiary/aromatic N) is 4. The van der Waals surface area contributed by atoms with Crippen molar-refractivity contribution in [3.05, 3.63) is 42.0 Å². The van der Waals surface area contributed by atoms with Crippen molar-refractivity contribution in [1.29, 1.82) is 5.26 Å². The smallest absolute Gasteiger partial charge is 0.181 e. The van der Waals surface area contributed by atoms with Crippen molar-refractivity contribution in [2.75, 3.05) is 0 Å². The Kier molecular flexibility index (Phi) is 3.56. The highest BCUT2D eigenvalue weighted by molar-refractivity contribution is 7.99. The average molecular weight is 297 g/mol. The lowest BCUT2D eigenvalue weighted by Gasteiger charge is -2.11. The van der Waals surface area contributed by atoms with E-state index in [1.807, 2.05) is 0 Å². The molecule has 0 aliphatic carbocycles. The van der Waals surface area contributed by atoms with E-state index < -0.39 is 6.10 Å². The third-order valence-electron chi connectivity index (χ3n) is 2.99. The molecular weight excluding hydrogens is 286 g/mol. The number of H-pyrrole nitrogens is 1. The zero-order valence-electron chi connectivity index (χ0n) is 11.1. The van der Waals surface area contributed by atoms with Crippen molar-refractivity contribution >= 4 is 22.9 Å². The SMILES string of the molecule is CC(O)c1ccc(C#N)cc1Sc1ncnc2nc[nH]c12. The second-order valence-corrected chi connectivity index (χ2v) is 5.45. The van der Waals surface area contributed by atoms with Gasteiger partial charge < -0.3 is 10.1 Å². The van der Waals surface area contributed by atoms with E-state index in [0.29, 0.717) is 16.2 Å². The summed E-state index contributed by atoms with van der Waals surface area (Å²) >= 11 is 1.37. The van der Waals surface area contributed by atoms with E-state index in [-0.39, 0.29) is 0 Å². The van der Waals surface area contributed by atoms with E-state index in [2.05, 4.69) is 26.0 Å². The Hall–Kier alpha value is -2.43. The predicted molar refractivity (Wildman–Crippen MR) is 77.6 cm³/mol. The number of benzene rings is 1. The van der Waals surface area contributed by atoms with Crippen LogP contribution < -0.4 is 0 Å². The fraction of sp³-hybridized carbons (Fsp3) is 0.143. The first-order valence-electron chi connectivity index (χ1n) is 6.23. The molecule has 0 aliphatic rings. The van der Waals surface area contributed by atoms with Gasteiger partial charge in [-0.15, -0.1) is 0 Å². The maximum Gasteiger partial charge on any atom is 0.181 e. The molecule has 7 heteroatoms. The molecule has 2 aromatic heterocycles. The normalized spacial score (nSPS) is 12.2. The molecule has 0 spiro atoms. The van der Waals surface area contributed by atoms with E-state index >= 15 is 0 Å².